The van der Waals surface area contributed by atoms with Gasteiger partial charge in [0.15, 0.2) is 0 Å². The molecule has 2 aromatic carbocycles. The Hall–Kier alpha value is -3.32. The number of anilines is 4. The molecule has 0 unspecified atom stereocenters. The molecule has 3 aromatic rings. The van der Waals surface area contributed by atoms with E-state index in [2.05, 4.69) is 20.6 Å². The molecule has 0 aliphatic rings. The van der Waals surface area contributed by atoms with Gasteiger partial charge in [0.05, 0.1) is 30.5 Å². The molecule has 0 amide bonds. The Balaban J connectivity index is 1.78. The first-order valence-corrected chi connectivity index (χ1v) is 8.36. The number of esters is 1. The van der Waals surface area contributed by atoms with Crippen LogP contribution in [0.25, 0.3) is 0 Å². The summed E-state index contributed by atoms with van der Waals surface area (Å²) in [6.07, 6.45) is 1.61. The second-order valence-corrected chi connectivity index (χ2v) is 5.84. The van der Waals surface area contributed by atoms with E-state index in [1.54, 1.807) is 37.6 Å². The highest BCUT2D eigenvalue weighted by atomic mass is 35.5. The van der Waals surface area contributed by atoms with Gasteiger partial charge in [-0.2, -0.15) is 4.98 Å². The lowest BCUT2D eigenvalue weighted by Gasteiger charge is -2.11. The highest BCUT2D eigenvalue weighted by Crippen LogP contribution is 2.27. The van der Waals surface area contributed by atoms with Gasteiger partial charge in [-0.15, -0.1) is 0 Å². The maximum absolute atomic E-state index is 11.7. The standard InChI is InChI=1S/C19H17ClN4O3/c1-26-14-6-4-13(5-7-14)22-19-21-10-9-17(24-19)23-16-11-12(18(25)27-2)3-8-15(16)20/h3-11H,1-2H3,(H2,21,22,23,24). The first-order valence-electron chi connectivity index (χ1n) is 7.98. The van der Waals surface area contributed by atoms with Crippen LogP contribution < -0.4 is 15.4 Å². The van der Waals surface area contributed by atoms with Crippen LogP contribution in [0.2, 0.25) is 5.02 Å². The molecule has 27 heavy (non-hydrogen) atoms. The third-order valence-corrected chi connectivity index (χ3v) is 3.98. The van der Waals surface area contributed by atoms with Crippen molar-refractivity contribution in [2.24, 2.45) is 0 Å². The summed E-state index contributed by atoms with van der Waals surface area (Å²) in [5.41, 5.74) is 1.74. The maximum Gasteiger partial charge on any atom is 0.337 e. The van der Waals surface area contributed by atoms with Gasteiger partial charge >= 0.3 is 5.97 Å². The number of nitrogens with one attached hydrogen (secondary N) is 2. The molecular weight excluding hydrogens is 368 g/mol. The summed E-state index contributed by atoms with van der Waals surface area (Å²) in [5.74, 6) is 1.24. The van der Waals surface area contributed by atoms with Crippen LogP contribution in [0, 0.1) is 0 Å². The van der Waals surface area contributed by atoms with Crippen molar-refractivity contribution in [3.63, 3.8) is 0 Å². The first kappa shape index (κ1) is 18.5. The Kier molecular flexibility index (Phi) is 5.73. The number of carbonyl (C=O) groups excluding carboxylic acids is 1. The zero-order chi connectivity index (χ0) is 19.2. The number of methoxy groups -OCH3 is 2. The van der Waals surface area contributed by atoms with E-state index in [0.29, 0.717) is 28.0 Å². The molecule has 138 valence electrons. The molecule has 0 radical (unpaired) electrons. The molecule has 0 saturated carbocycles. The van der Waals surface area contributed by atoms with Crippen LogP contribution in [0.1, 0.15) is 10.4 Å². The van der Waals surface area contributed by atoms with Crippen LogP contribution in [0.15, 0.2) is 54.7 Å². The van der Waals surface area contributed by atoms with Crippen LogP contribution >= 0.6 is 11.6 Å². The molecule has 0 spiro atoms. The van der Waals surface area contributed by atoms with E-state index in [4.69, 9.17) is 21.1 Å². The number of hydrogen-bond acceptors (Lipinski definition) is 7. The van der Waals surface area contributed by atoms with Crippen molar-refractivity contribution in [3.8, 4) is 5.75 Å². The lowest BCUT2D eigenvalue weighted by Crippen LogP contribution is -2.04. The second kappa shape index (κ2) is 8.37. The Labute approximate surface area is 161 Å². The van der Waals surface area contributed by atoms with Crippen molar-refractivity contribution >= 4 is 40.7 Å². The molecule has 3 rings (SSSR count). The Morgan fingerprint density at radius 3 is 2.52 bits per heavy atom. The number of hydrogen-bond donors (Lipinski definition) is 2. The molecule has 0 bridgehead atoms. The third-order valence-electron chi connectivity index (χ3n) is 3.65. The van der Waals surface area contributed by atoms with Gasteiger partial charge in [0.25, 0.3) is 0 Å². The molecule has 0 atom stereocenters. The molecule has 0 saturated heterocycles. The van der Waals surface area contributed by atoms with Gasteiger partial charge in [0, 0.05) is 11.9 Å². The summed E-state index contributed by atoms with van der Waals surface area (Å²) < 4.78 is 9.87. The fourth-order valence-electron chi connectivity index (χ4n) is 2.30. The van der Waals surface area contributed by atoms with E-state index in [9.17, 15) is 4.79 Å². The van der Waals surface area contributed by atoms with Crippen LogP contribution in [0.5, 0.6) is 5.75 Å². The van der Waals surface area contributed by atoms with Crippen LogP contribution in [-0.2, 0) is 4.74 Å². The fraction of sp³-hybridized carbons (Fsp3) is 0.105. The van der Waals surface area contributed by atoms with E-state index in [1.165, 1.54) is 7.11 Å². The monoisotopic (exact) mass is 384 g/mol. The maximum atomic E-state index is 11.7. The number of benzene rings is 2. The minimum Gasteiger partial charge on any atom is -0.497 e. The van der Waals surface area contributed by atoms with E-state index in [-0.39, 0.29) is 0 Å². The average Bonchev–Trinajstić information content (AvgIpc) is 2.70. The highest BCUT2D eigenvalue weighted by molar-refractivity contribution is 6.33. The minimum absolute atomic E-state index is 0.384. The molecule has 1 aromatic heterocycles. The summed E-state index contributed by atoms with van der Waals surface area (Å²) in [5, 5.41) is 6.64. The lowest BCUT2D eigenvalue weighted by atomic mass is 10.2. The summed E-state index contributed by atoms with van der Waals surface area (Å²) in [6, 6.07) is 13.9. The van der Waals surface area contributed by atoms with Crippen LogP contribution in [0.4, 0.5) is 23.1 Å². The van der Waals surface area contributed by atoms with E-state index in [1.807, 2.05) is 24.3 Å². The quantitative estimate of drug-likeness (QED) is 0.608. The number of aromatic nitrogens is 2. The van der Waals surface area contributed by atoms with E-state index in [0.717, 1.165) is 11.4 Å². The van der Waals surface area contributed by atoms with E-state index >= 15 is 0 Å². The van der Waals surface area contributed by atoms with Crippen molar-refractivity contribution in [2.75, 3.05) is 24.9 Å². The summed E-state index contributed by atoms with van der Waals surface area (Å²) in [4.78, 5) is 20.3. The number of rotatable bonds is 6. The predicted molar refractivity (Wildman–Crippen MR) is 104 cm³/mol. The van der Waals surface area contributed by atoms with Gasteiger partial charge in [-0.25, -0.2) is 9.78 Å². The lowest BCUT2D eigenvalue weighted by molar-refractivity contribution is 0.0601. The normalized spacial score (nSPS) is 10.2. The SMILES string of the molecule is COC(=O)c1ccc(Cl)c(Nc2ccnc(Nc3ccc(OC)cc3)n2)c1. The van der Waals surface area contributed by atoms with Crippen molar-refractivity contribution in [1.29, 1.82) is 0 Å². The van der Waals surface area contributed by atoms with Crippen LogP contribution in [0.3, 0.4) is 0 Å². The van der Waals surface area contributed by atoms with Crippen molar-refractivity contribution in [2.45, 2.75) is 0 Å². The molecular formula is C19H17ClN4O3. The zero-order valence-corrected chi connectivity index (χ0v) is 15.4. The third kappa shape index (κ3) is 4.65. The largest absolute Gasteiger partial charge is 0.497 e. The first-order chi connectivity index (χ1) is 13.1. The predicted octanol–water partition coefficient (Wildman–Crippen LogP) is 4.41. The fourth-order valence-corrected chi connectivity index (χ4v) is 2.46. The second-order valence-electron chi connectivity index (χ2n) is 5.43. The molecule has 0 aliphatic carbocycles. The van der Waals surface area contributed by atoms with E-state index < -0.39 is 5.97 Å². The van der Waals surface area contributed by atoms with Gasteiger partial charge in [-0.05, 0) is 48.5 Å². The Morgan fingerprint density at radius 1 is 1.04 bits per heavy atom. The smallest absolute Gasteiger partial charge is 0.337 e. The molecule has 2 N–H and O–H groups in total. The number of carbonyl (C=O) groups is 1. The minimum atomic E-state index is -0.445. The molecule has 1 heterocycles. The Bertz CT molecular complexity index is 948. The summed E-state index contributed by atoms with van der Waals surface area (Å²) in [6.45, 7) is 0. The molecule has 0 fully saturated rings. The number of halogens is 1. The molecule has 0 aliphatic heterocycles. The van der Waals surface area contributed by atoms with Gasteiger partial charge in [0.1, 0.15) is 11.6 Å². The summed E-state index contributed by atoms with van der Waals surface area (Å²) in [7, 11) is 2.94. The van der Waals surface area contributed by atoms with Crippen molar-refractivity contribution < 1.29 is 14.3 Å². The highest BCUT2D eigenvalue weighted by Gasteiger charge is 2.10. The topological polar surface area (TPSA) is 85.4 Å². The average molecular weight is 385 g/mol. The molecule has 7 nitrogen and oxygen atoms in total. The van der Waals surface area contributed by atoms with Gasteiger partial charge in [-0.3, -0.25) is 0 Å². The Morgan fingerprint density at radius 2 is 1.81 bits per heavy atom. The molecule has 8 heteroatoms. The van der Waals surface area contributed by atoms with Gasteiger partial charge < -0.3 is 20.1 Å². The van der Waals surface area contributed by atoms with Crippen molar-refractivity contribution in [1.82, 2.24) is 9.97 Å². The van der Waals surface area contributed by atoms with Gasteiger partial charge in [0.2, 0.25) is 5.95 Å². The number of ether oxygens (including phenoxy) is 2. The van der Waals surface area contributed by atoms with Crippen molar-refractivity contribution in [3.05, 3.63) is 65.3 Å². The summed E-state index contributed by atoms with van der Waals surface area (Å²) >= 11 is 6.21. The number of nitrogens with zero attached hydrogens (tertiary/aromatic N) is 2. The van der Waals surface area contributed by atoms with Crippen LogP contribution in [-0.4, -0.2) is 30.2 Å². The van der Waals surface area contributed by atoms with Gasteiger partial charge in [-0.1, -0.05) is 11.6 Å². The zero-order valence-electron chi connectivity index (χ0n) is 14.7.